The van der Waals surface area contributed by atoms with Gasteiger partial charge in [0.05, 0.1) is 17.1 Å². The molecule has 110 valence electrons. The lowest BCUT2D eigenvalue weighted by atomic mass is 10.1. The molecular weight excluding hydrogens is 280 g/mol. The third-order valence-corrected chi connectivity index (χ3v) is 4.50. The zero-order valence-electron chi connectivity index (χ0n) is 11.3. The number of hydrogen-bond donors (Lipinski definition) is 2. The Morgan fingerprint density at radius 1 is 1.40 bits per heavy atom. The second-order valence-corrected chi connectivity index (χ2v) is 6.35. The van der Waals surface area contributed by atoms with Crippen molar-refractivity contribution in [2.75, 3.05) is 28.7 Å². The molecule has 1 aromatic heterocycles. The Hall–Kier alpha value is -1.70. The van der Waals surface area contributed by atoms with E-state index in [-0.39, 0.29) is 11.7 Å². The summed E-state index contributed by atoms with van der Waals surface area (Å²) in [5.74, 6) is 2.33. The van der Waals surface area contributed by atoms with Crippen LogP contribution in [0.25, 0.3) is 0 Å². The van der Waals surface area contributed by atoms with Gasteiger partial charge in [0.2, 0.25) is 0 Å². The van der Waals surface area contributed by atoms with Crippen LogP contribution < -0.4 is 10.6 Å². The molecule has 0 spiro atoms. The molecule has 7 nitrogen and oxygen atoms in total. The quantitative estimate of drug-likeness (QED) is 0.635. The number of anilines is 2. The van der Waals surface area contributed by atoms with E-state index in [4.69, 9.17) is 0 Å². The van der Waals surface area contributed by atoms with Crippen LogP contribution in [0.1, 0.15) is 19.8 Å². The fourth-order valence-corrected chi connectivity index (χ4v) is 3.41. The van der Waals surface area contributed by atoms with Crippen molar-refractivity contribution in [1.29, 1.82) is 0 Å². The summed E-state index contributed by atoms with van der Waals surface area (Å²) in [7, 11) is -0.719. The van der Waals surface area contributed by atoms with Gasteiger partial charge in [0.1, 0.15) is 11.6 Å². The summed E-state index contributed by atoms with van der Waals surface area (Å²) in [4.78, 5) is 14.8. The molecule has 0 saturated carbocycles. The molecule has 2 heterocycles. The molecule has 2 rings (SSSR count). The first kappa shape index (κ1) is 14.7. The van der Waals surface area contributed by atoms with Crippen molar-refractivity contribution in [3.8, 4) is 0 Å². The highest BCUT2D eigenvalue weighted by atomic mass is 32.2. The summed E-state index contributed by atoms with van der Waals surface area (Å²) in [5.41, 5.74) is 0.0119. The first-order valence-corrected chi connectivity index (χ1v) is 8.09. The van der Waals surface area contributed by atoms with Gasteiger partial charge >= 0.3 is 0 Å². The Morgan fingerprint density at radius 3 is 2.65 bits per heavy atom. The van der Waals surface area contributed by atoms with E-state index in [9.17, 15) is 14.3 Å². The predicted octanol–water partition coefficient (Wildman–Crippen LogP) is 1.74. The Kier molecular flexibility index (Phi) is 4.89. The maximum Gasteiger partial charge on any atom is 0.276 e. The van der Waals surface area contributed by atoms with Crippen molar-refractivity contribution >= 4 is 28.1 Å². The summed E-state index contributed by atoms with van der Waals surface area (Å²) in [6.45, 7) is 2.56. The fraction of sp³-hybridized carbons (Fsp3) is 0.583. The summed E-state index contributed by atoms with van der Waals surface area (Å²) in [5, 5.41) is 17.1. The number of rotatable bonds is 5. The minimum atomic E-state index is -0.719. The van der Waals surface area contributed by atoms with Crippen molar-refractivity contribution in [2.45, 2.75) is 25.8 Å². The summed E-state index contributed by atoms with van der Waals surface area (Å²) in [6, 6.07) is 3.04. The van der Waals surface area contributed by atoms with Gasteiger partial charge < -0.3 is 10.6 Å². The summed E-state index contributed by atoms with van der Waals surface area (Å²) in [6.07, 6.45) is 1.60. The lowest BCUT2D eigenvalue weighted by molar-refractivity contribution is -0.384. The Bertz CT molecular complexity index is 513. The highest BCUT2D eigenvalue weighted by Gasteiger charge is 2.19. The SMILES string of the molecule is CCNc1cc([N+](=O)[O-])cc(NC2CCS(=O)CC2)n1. The van der Waals surface area contributed by atoms with Crippen molar-refractivity contribution in [2.24, 2.45) is 0 Å². The molecule has 0 radical (unpaired) electrons. The van der Waals surface area contributed by atoms with Crippen LogP contribution in [-0.2, 0) is 10.8 Å². The minimum absolute atomic E-state index is 0.0119. The molecule has 0 bridgehead atoms. The van der Waals surface area contributed by atoms with E-state index in [1.807, 2.05) is 6.92 Å². The third-order valence-electron chi connectivity index (χ3n) is 3.12. The van der Waals surface area contributed by atoms with Gasteiger partial charge in [0.25, 0.3) is 5.69 Å². The Balaban J connectivity index is 2.13. The number of hydrogen-bond acceptors (Lipinski definition) is 6. The van der Waals surface area contributed by atoms with Crippen molar-refractivity contribution < 1.29 is 9.13 Å². The van der Waals surface area contributed by atoms with Gasteiger partial charge in [-0.1, -0.05) is 0 Å². The molecule has 0 aliphatic carbocycles. The smallest absolute Gasteiger partial charge is 0.276 e. The van der Waals surface area contributed by atoms with E-state index >= 15 is 0 Å². The second-order valence-electron chi connectivity index (χ2n) is 4.65. The Morgan fingerprint density at radius 2 is 2.05 bits per heavy atom. The maximum absolute atomic E-state index is 11.3. The summed E-state index contributed by atoms with van der Waals surface area (Å²) >= 11 is 0. The van der Waals surface area contributed by atoms with Gasteiger partial charge in [-0.3, -0.25) is 14.3 Å². The minimum Gasteiger partial charge on any atom is -0.370 e. The number of pyridine rings is 1. The average Bonchev–Trinajstić information content (AvgIpc) is 2.41. The van der Waals surface area contributed by atoms with Crippen molar-refractivity contribution in [3.05, 3.63) is 22.2 Å². The predicted molar refractivity (Wildman–Crippen MR) is 79.6 cm³/mol. The molecule has 1 aliphatic heterocycles. The van der Waals surface area contributed by atoms with E-state index in [2.05, 4.69) is 15.6 Å². The van der Waals surface area contributed by atoms with Crippen LogP contribution in [0.5, 0.6) is 0 Å². The first-order chi connectivity index (χ1) is 9.58. The molecule has 0 atom stereocenters. The lowest BCUT2D eigenvalue weighted by Gasteiger charge is -2.23. The lowest BCUT2D eigenvalue weighted by Crippen LogP contribution is -2.29. The highest BCUT2D eigenvalue weighted by Crippen LogP contribution is 2.22. The first-order valence-electron chi connectivity index (χ1n) is 6.60. The van der Waals surface area contributed by atoms with Crippen LogP contribution in [0.4, 0.5) is 17.3 Å². The molecule has 0 aromatic carbocycles. The van der Waals surface area contributed by atoms with Crippen LogP contribution in [0, 0.1) is 10.1 Å². The molecule has 8 heteroatoms. The van der Waals surface area contributed by atoms with Gasteiger partial charge in [-0.2, -0.15) is 0 Å². The number of nitro groups is 1. The summed E-state index contributed by atoms with van der Waals surface area (Å²) < 4.78 is 11.3. The Labute approximate surface area is 119 Å². The van der Waals surface area contributed by atoms with Gasteiger partial charge in [0.15, 0.2) is 0 Å². The molecule has 0 unspecified atom stereocenters. The average molecular weight is 298 g/mol. The van der Waals surface area contributed by atoms with Crippen LogP contribution >= 0.6 is 0 Å². The van der Waals surface area contributed by atoms with Gasteiger partial charge in [-0.25, -0.2) is 4.98 Å². The fourth-order valence-electron chi connectivity index (χ4n) is 2.11. The molecule has 20 heavy (non-hydrogen) atoms. The number of nitrogens with zero attached hydrogens (tertiary/aromatic N) is 2. The largest absolute Gasteiger partial charge is 0.370 e. The van der Waals surface area contributed by atoms with Crippen LogP contribution in [0.2, 0.25) is 0 Å². The zero-order valence-corrected chi connectivity index (χ0v) is 12.1. The molecule has 1 fully saturated rings. The molecule has 1 aromatic rings. The molecule has 1 saturated heterocycles. The van der Waals surface area contributed by atoms with Crippen LogP contribution in [-0.4, -0.2) is 38.2 Å². The molecule has 0 amide bonds. The van der Waals surface area contributed by atoms with Crippen LogP contribution in [0.3, 0.4) is 0 Å². The van der Waals surface area contributed by atoms with E-state index < -0.39 is 15.7 Å². The van der Waals surface area contributed by atoms with E-state index in [0.29, 0.717) is 29.7 Å². The molecular formula is C12H18N4O3S. The highest BCUT2D eigenvalue weighted by molar-refractivity contribution is 7.85. The van der Waals surface area contributed by atoms with Crippen molar-refractivity contribution in [3.63, 3.8) is 0 Å². The third kappa shape index (κ3) is 3.89. The molecule has 1 aliphatic rings. The van der Waals surface area contributed by atoms with Crippen molar-refractivity contribution in [1.82, 2.24) is 4.98 Å². The van der Waals surface area contributed by atoms with Gasteiger partial charge in [0, 0.05) is 34.9 Å². The second kappa shape index (κ2) is 6.65. The normalized spacial score (nSPS) is 22.2. The van der Waals surface area contributed by atoms with Crippen LogP contribution in [0.15, 0.2) is 12.1 Å². The van der Waals surface area contributed by atoms with E-state index in [0.717, 1.165) is 12.8 Å². The molecule has 2 N–H and O–H groups in total. The number of nitrogens with one attached hydrogen (secondary N) is 2. The van der Waals surface area contributed by atoms with E-state index in [1.54, 1.807) is 0 Å². The zero-order chi connectivity index (χ0) is 14.5. The topological polar surface area (TPSA) is 97.2 Å². The monoisotopic (exact) mass is 298 g/mol. The van der Waals surface area contributed by atoms with Gasteiger partial charge in [-0.05, 0) is 19.8 Å². The number of aromatic nitrogens is 1. The van der Waals surface area contributed by atoms with Gasteiger partial charge in [-0.15, -0.1) is 0 Å². The maximum atomic E-state index is 11.3. The standard InChI is InChI=1S/C12H18N4O3S/c1-2-13-11-7-10(16(17)18)8-12(15-11)14-9-3-5-20(19)6-4-9/h7-9H,2-6H2,1H3,(H2,13,14,15). The van der Waals surface area contributed by atoms with E-state index in [1.165, 1.54) is 12.1 Å².